The number of carboxylic acids is 1. The van der Waals surface area contributed by atoms with Gasteiger partial charge in [-0.25, -0.2) is 0 Å². The molecular weight excluding hydrogens is 712 g/mol. The number of nitrogens with zero attached hydrogens (tertiary/aromatic N) is 4. The Morgan fingerprint density at radius 2 is 1.22 bits per heavy atom. The molecule has 1 fully saturated rings. The highest BCUT2D eigenvalue weighted by Gasteiger charge is 2.34. The van der Waals surface area contributed by atoms with Gasteiger partial charge in [-0.3, -0.25) is 29.2 Å². The summed E-state index contributed by atoms with van der Waals surface area (Å²) >= 11 is 0. The minimum atomic E-state index is -1.76. The Labute approximate surface area is 318 Å². The number of carboxylic acid groups (broad SMARTS) is 1. The van der Waals surface area contributed by atoms with Crippen molar-refractivity contribution in [3.05, 3.63) is 29.8 Å². The van der Waals surface area contributed by atoms with Gasteiger partial charge in [0.2, 0.25) is 0 Å². The SMILES string of the molecule is CCOCCOCCOc1ccc(CCC[C@@H](C(O)O)N2CCN([C@@H](CO)C(=O)O)CCN([C@@H](CO)C(O)OC)CCN([C@@H](CO)C(=O)OC)CC2)cc1. The highest BCUT2D eigenvalue weighted by molar-refractivity contribution is 5.75. The Hall–Kier alpha value is -2.56. The lowest BCUT2D eigenvalue weighted by Gasteiger charge is -2.41. The molecule has 18 nitrogen and oxygen atoms in total. The molecule has 0 aromatic heterocycles. The fraction of sp³-hybridized carbons (Fsp3) is 0.778. The van der Waals surface area contributed by atoms with E-state index in [0.717, 1.165) is 5.56 Å². The topological polar surface area (TPSA) is 235 Å². The number of aliphatic hydroxyl groups is 6. The number of carbonyl (C=O) groups is 2. The van der Waals surface area contributed by atoms with Gasteiger partial charge in [-0.1, -0.05) is 12.1 Å². The smallest absolute Gasteiger partial charge is 0.325 e. The zero-order valence-corrected chi connectivity index (χ0v) is 32.0. The van der Waals surface area contributed by atoms with Gasteiger partial charge in [0.25, 0.3) is 0 Å². The lowest BCUT2D eigenvalue weighted by Crippen LogP contribution is -2.58. The van der Waals surface area contributed by atoms with E-state index in [0.29, 0.717) is 58.0 Å². The van der Waals surface area contributed by atoms with Gasteiger partial charge in [-0.15, -0.1) is 0 Å². The van der Waals surface area contributed by atoms with Gasteiger partial charge in [-0.05, 0) is 43.9 Å². The summed E-state index contributed by atoms with van der Waals surface area (Å²) in [5, 5.41) is 72.2. The first-order chi connectivity index (χ1) is 26.0. The third kappa shape index (κ3) is 16.3. The van der Waals surface area contributed by atoms with E-state index in [1.165, 1.54) is 14.2 Å². The Kier molecular flexibility index (Phi) is 23.9. The van der Waals surface area contributed by atoms with Gasteiger partial charge in [0.1, 0.15) is 24.4 Å². The lowest BCUT2D eigenvalue weighted by atomic mass is 10.0. The van der Waals surface area contributed by atoms with E-state index in [4.69, 9.17) is 23.7 Å². The molecule has 0 radical (unpaired) electrons. The second kappa shape index (κ2) is 27.1. The number of hydrogen-bond donors (Lipinski definition) is 7. The van der Waals surface area contributed by atoms with Crippen LogP contribution in [-0.4, -0.2) is 223 Å². The maximum atomic E-state index is 12.8. The fourth-order valence-corrected chi connectivity index (χ4v) is 6.50. The van der Waals surface area contributed by atoms with Crippen LogP contribution in [0.4, 0.5) is 0 Å². The summed E-state index contributed by atoms with van der Waals surface area (Å²) in [6.45, 7) is 3.85. The van der Waals surface area contributed by atoms with Gasteiger partial charge < -0.3 is 59.4 Å². The van der Waals surface area contributed by atoms with E-state index >= 15 is 0 Å². The van der Waals surface area contributed by atoms with Crippen molar-refractivity contribution in [3.63, 3.8) is 0 Å². The summed E-state index contributed by atoms with van der Waals surface area (Å²) in [4.78, 5) is 31.8. The van der Waals surface area contributed by atoms with E-state index in [1.807, 2.05) is 36.1 Å². The maximum absolute atomic E-state index is 12.8. The van der Waals surface area contributed by atoms with Gasteiger partial charge in [0.15, 0.2) is 12.6 Å². The van der Waals surface area contributed by atoms with Crippen LogP contribution in [0, 0.1) is 0 Å². The van der Waals surface area contributed by atoms with Crippen molar-refractivity contribution in [2.75, 3.05) is 119 Å². The van der Waals surface area contributed by atoms with Crippen LogP contribution in [0.1, 0.15) is 25.3 Å². The van der Waals surface area contributed by atoms with Crippen LogP contribution in [-0.2, 0) is 35.0 Å². The third-order valence-electron chi connectivity index (χ3n) is 9.68. The predicted octanol–water partition coefficient (Wildman–Crippen LogP) is -2.35. The number of ether oxygens (including phenoxy) is 5. The molecule has 2 rings (SSSR count). The molecule has 0 bridgehead atoms. The van der Waals surface area contributed by atoms with Crippen LogP contribution < -0.4 is 4.74 Å². The second-order valence-electron chi connectivity index (χ2n) is 13.0. The maximum Gasteiger partial charge on any atom is 0.325 e. The number of aliphatic carboxylic acids is 1. The molecular formula is C36H64N4O14. The third-order valence-corrected chi connectivity index (χ3v) is 9.68. The van der Waals surface area contributed by atoms with E-state index in [2.05, 4.69) is 0 Å². The van der Waals surface area contributed by atoms with Crippen LogP contribution in [0.25, 0.3) is 0 Å². The van der Waals surface area contributed by atoms with E-state index in [9.17, 15) is 45.3 Å². The molecule has 7 N–H and O–H groups in total. The normalized spacial score (nSPS) is 19.0. The Balaban J connectivity index is 2.26. The molecule has 312 valence electrons. The van der Waals surface area contributed by atoms with Crippen LogP contribution in [0.3, 0.4) is 0 Å². The number of methoxy groups -OCH3 is 2. The minimum absolute atomic E-state index is 0.0890. The quantitative estimate of drug-likeness (QED) is 0.0331. The Morgan fingerprint density at radius 3 is 1.70 bits per heavy atom. The molecule has 0 saturated carbocycles. The number of carbonyl (C=O) groups excluding carboxylic acids is 1. The Morgan fingerprint density at radius 1 is 0.704 bits per heavy atom. The van der Waals surface area contributed by atoms with E-state index in [1.54, 1.807) is 14.7 Å². The summed E-state index contributed by atoms with van der Waals surface area (Å²) in [5.41, 5.74) is 1.02. The lowest BCUT2D eigenvalue weighted by molar-refractivity contribution is -0.151. The monoisotopic (exact) mass is 776 g/mol. The summed E-state index contributed by atoms with van der Waals surface area (Å²) in [5.74, 6) is -1.21. The molecule has 1 aliphatic rings. The molecule has 1 heterocycles. The van der Waals surface area contributed by atoms with Gasteiger partial charge in [-0.2, -0.15) is 0 Å². The fourth-order valence-electron chi connectivity index (χ4n) is 6.50. The standard InChI is InChI=1S/C36H64N4O14/c1-4-52-20-21-53-22-23-54-28-10-8-27(9-11-28)6-5-7-29(33(44)45)37-12-14-38(30(24-41)34(46)47)15-17-40(32(26-43)36(49)51-3)19-18-39(16-13-37)31(25-42)35(48)50-2/h8-11,29-33,36,41-45,49H,4-7,12-26H2,1-3H3,(H,46,47)/t29-,30-,31-,32-,36?/m0/s1. The molecule has 0 aliphatic carbocycles. The van der Waals surface area contributed by atoms with Crippen molar-refractivity contribution in [3.8, 4) is 5.75 Å². The molecule has 1 unspecified atom stereocenters. The predicted molar refractivity (Wildman–Crippen MR) is 196 cm³/mol. The average molecular weight is 777 g/mol. The van der Waals surface area contributed by atoms with Crippen LogP contribution >= 0.6 is 0 Å². The number of rotatable bonds is 24. The average Bonchev–Trinajstić information content (AvgIpc) is 3.16. The molecule has 54 heavy (non-hydrogen) atoms. The van der Waals surface area contributed by atoms with Crippen LogP contribution in [0.5, 0.6) is 5.75 Å². The highest BCUT2D eigenvalue weighted by Crippen LogP contribution is 2.19. The molecule has 1 aromatic rings. The second-order valence-corrected chi connectivity index (χ2v) is 13.0. The van der Waals surface area contributed by atoms with Crippen molar-refractivity contribution >= 4 is 11.9 Å². The van der Waals surface area contributed by atoms with E-state index in [-0.39, 0.29) is 52.4 Å². The highest BCUT2D eigenvalue weighted by atomic mass is 16.6. The molecule has 1 aliphatic heterocycles. The van der Waals surface area contributed by atoms with Crippen molar-refractivity contribution in [2.24, 2.45) is 0 Å². The Bertz CT molecular complexity index is 1150. The minimum Gasteiger partial charge on any atom is -0.491 e. The van der Waals surface area contributed by atoms with E-state index < -0.39 is 68.5 Å². The molecule has 1 aromatic carbocycles. The van der Waals surface area contributed by atoms with Crippen molar-refractivity contribution in [2.45, 2.75) is 62.9 Å². The van der Waals surface area contributed by atoms with Crippen LogP contribution in [0.15, 0.2) is 24.3 Å². The summed E-state index contributed by atoms with van der Waals surface area (Å²) < 4.78 is 26.5. The van der Waals surface area contributed by atoms with Crippen LogP contribution in [0.2, 0.25) is 0 Å². The van der Waals surface area contributed by atoms with Crippen molar-refractivity contribution in [1.82, 2.24) is 19.6 Å². The zero-order valence-electron chi connectivity index (χ0n) is 32.0. The molecule has 0 amide bonds. The summed E-state index contributed by atoms with van der Waals surface area (Å²) in [6.07, 6.45) is -1.58. The van der Waals surface area contributed by atoms with Crippen molar-refractivity contribution < 1.29 is 69.0 Å². The first-order valence-corrected chi connectivity index (χ1v) is 18.6. The van der Waals surface area contributed by atoms with Gasteiger partial charge in [0, 0.05) is 66.1 Å². The van der Waals surface area contributed by atoms with Crippen molar-refractivity contribution in [1.29, 1.82) is 0 Å². The molecule has 0 spiro atoms. The number of benzene rings is 1. The summed E-state index contributed by atoms with van der Waals surface area (Å²) in [6, 6.07) is 3.61. The molecule has 1 saturated heterocycles. The molecule has 5 atom stereocenters. The summed E-state index contributed by atoms with van der Waals surface area (Å²) in [7, 11) is 2.50. The number of hydrogen-bond acceptors (Lipinski definition) is 17. The first kappa shape index (κ1) is 47.6. The first-order valence-electron chi connectivity index (χ1n) is 18.6. The number of aryl methyl sites for hydroxylation is 1. The number of aliphatic hydroxyl groups excluding tert-OH is 5. The molecule has 18 heteroatoms. The van der Waals surface area contributed by atoms with Gasteiger partial charge >= 0.3 is 11.9 Å². The zero-order chi connectivity index (χ0) is 39.9. The number of esters is 1. The van der Waals surface area contributed by atoms with Gasteiger partial charge in [0.05, 0.1) is 58.8 Å². The largest absolute Gasteiger partial charge is 0.491 e.